The predicted molar refractivity (Wildman–Crippen MR) is 96.6 cm³/mol. The number of unbranched alkanes of at least 4 members (excludes halogenated alkanes) is 1. The van der Waals surface area contributed by atoms with Crippen LogP contribution in [-0.2, 0) is 9.59 Å². The van der Waals surface area contributed by atoms with Gasteiger partial charge in [0.25, 0.3) is 0 Å². The highest BCUT2D eigenvalue weighted by molar-refractivity contribution is 5.91. The normalized spacial score (nSPS) is 11.5. The lowest BCUT2D eigenvalue weighted by molar-refractivity contribution is -0.134. The zero-order chi connectivity index (χ0) is 22.3. The molecule has 0 spiro atoms. The molecule has 29 heavy (non-hydrogen) atoms. The Labute approximate surface area is 163 Å². The SMILES string of the molecule is NC(=NCC(F)(F)F)Nc1cccc(OCCCCO)n1.O=C(O)C=CC(=O)O. The molecule has 10 nitrogen and oxygen atoms in total. The number of guanidine groups is 1. The van der Waals surface area contributed by atoms with Gasteiger partial charge in [-0.3, -0.25) is 0 Å². The van der Waals surface area contributed by atoms with E-state index in [1.165, 1.54) is 6.07 Å². The number of pyridine rings is 1. The summed E-state index contributed by atoms with van der Waals surface area (Å²) in [7, 11) is 0. The second-order valence-corrected chi connectivity index (χ2v) is 5.09. The number of nitrogens with two attached hydrogens (primary N) is 1. The van der Waals surface area contributed by atoms with Gasteiger partial charge in [0.2, 0.25) is 5.88 Å². The molecule has 0 radical (unpaired) electrons. The number of halogens is 3. The molecule has 0 saturated carbocycles. The van der Waals surface area contributed by atoms with Crippen LogP contribution in [0.2, 0.25) is 0 Å². The smallest absolute Gasteiger partial charge is 0.408 e. The van der Waals surface area contributed by atoms with Crippen molar-refractivity contribution in [3.8, 4) is 5.88 Å². The van der Waals surface area contributed by atoms with Gasteiger partial charge in [-0.25, -0.2) is 14.6 Å². The Hall–Kier alpha value is -3.35. The Balaban J connectivity index is 0.000000828. The monoisotopic (exact) mass is 422 g/mol. The van der Waals surface area contributed by atoms with Crippen LogP contribution in [0.15, 0.2) is 35.3 Å². The second kappa shape index (κ2) is 13.8. The number of aliphatic hydroxyl groups is 1. The molecule has 1 rings (SSSR count). The number of alkyl halides is 3. The van der Waals surface area contributed by atoms with Gasteiger partial charge in [-0.15, -0.1) is 0 Å². The van der Waals surface area contributed by atoms with Crippen LogP contribution in [0, 0.1) is 0 Å². The van der Waals surface area contributed by atoms with Crippen LogP contribution in [0.3, 0.4) is 0 Å². The maximum Gasteiger partial charge on any atom is 0.408 e. The minimum atomic E-state index is -4.41. The molecule has 0 bridgehead atoms. The molecular weight excluding hydrogens is 401 g/mol. The Morgan fingerprint density at radius 3 is 2.34 bits per heavy atom. The first-order chi connectivity index (χ1) is 13.5. The molecule has 0 fully saturated rings. The number of carboxylic acid groups (broad SMARTS) is 2. The quantitative estimate of drug-likeness (QED) is 0.170. The predicted octanol–water partition coefficient (Wildman–Crippen LogP) is 1.23. The lowest BCUT2D eigenvalue weighted by atomic mass is 10.3. The van der Waals surface area contributed by atoms with Crippen molar-refractivity contribution in [3.63, 3.8) is 0 Å². The van der Waals surface area contributed by atoms with Crippen LogP contribution in [0.1, 0.15) is 12.8 Å². The van der Waals surface area contributed by atoms with Crippen molar-refractivity contribution >= 4 is 23.7 Å². The van der Waals surface area contributed by atoms with Crippen LogP contribution >= 0.6 is 0 Å². The Morgan fingerprint density at radius 2 is 1.83 bits per heavy atom. The number of aliphatic hydroxyl groups excluding tert-OH is 1. The van der Waals surface area contributed by atoms with E-state index in [9.17, 15) is 22.8 Å². The molecule has 0 aromatic carbocycles. The molecule has 0 aliphatic carbocycles. The molecule has 162 valence electrons. The number of rotatable bonds is 9. The lowest BCUT2D eigenvalue weighted by Crippen LogP contribution is -2.26. The van der Waals surface area contributed by atoms with E-state index in [0.717, 1.165) is 0 Å². The average Bonchev–Trinajstić information content (AvgIpc) is 2.62. The Morgan fingerprint density at radius 1 is 1.21 bits per heavy atom. The van der Waals surface area contributed by atoms with Crippen molar-refractivity contribution in [3.05, 3.63) is 30.4 Å². The summed E-state index contributed by atoms with van der Waals surface area (Å²) in [5.41, 5.74) is 5.33. The summed E-state index contributed by atoms with van der Waals surface area (Å²) in [5, 5.41) is 26.7. The first-order valence-corrected chi connectivity index (χ1v) is 8.02. The highest BCUT2D eigenvalue weighted by Crippen LogP contribution is 2.15. The van der Waals surface area contributed by atoms with E-state index in [0.29, 0.717) is 37.5 Å². The minimum absolute atomic E-state index is 0.0879. The van der Waals surface area contributed by atoms with Gasteiger partial charge in [-0.1, -0.05) is 6.07 Å². The minimum Gasteiger partial charge on any atom is -0.478 e. The number of aromatic nitrogens is 1. The second-order valence-electron chi connectivity index (χ2n) is 5.09. The van der Waals surface area contributed by atoms with E-state index in [1.807, 2.05) is 0 Å². The summed E-state index contributed by atoms with van der Waals surface area (Å²) in [5.74, 6) is -2.35. The topological polar surface area (TPSA) is 167 Å². The largest absolute Gasteiger partial charge is 0.478 e. The van der Waals surface area contributed by atoms with E-state index >= 15 is 0 Å². The first kappa shape index (κ1) is 25.6. The number of nitrogens with one attached hydrogen (secondary N) is 1. The summed E-state index contributed by atoms with van der Waals surface area (Å²) >= 11 is 0. The molecule has 0 saturated heterocycles. The average molecular weight is 422 g/mol. The fraction of sp³-hybridized carbons (Fsp3) is 0.375. The highest BCUT2D eigenvalue weighted by Gasteiger charge is 2.26. The van der Waals surface area contributed by atoms with E-state index in [-0.39, 0.29) is 18.4 Å². The number of hydrogen-bond acceptors (Lipinski definition) is 6. The number of aliphatic carboxylic acids is 2. The fourth-order valence-electron chi connectivity index (χ4n) is 1.44. The van der Waals surface area contributed by atoms with Crippen molar-refractivity contribution in [2.45, 2.75) is 19.0 Å². The standard InChI is InChI=1S/C12H17F3N4O2.C4H4O4/c13-12(14,15)8-17-11(16)19-9-4-3-5-10(18-9)21-7-2-1-6-20;5-3(6)1-2-4(7)8/h3-5,20H,1-2,6-8H2,(H3,16,17,18,19);1-2H,(H,5,6)(H,7,8). The van der Waals surface area contributed by atoms with Crippen LogP contribution in [0.5, 0.6) is 5.88 Å². The van der Waals surface area contributed by atoms with Gasteiger partial charge in [0.1, 0.15) is 12.4 Å². The molecular formula is C16H21F3N4O6. The first-order valence-electron chi connectivity index (χ1n) is 8.02. The van der Waals surface area contributed by atoms with Crippen LogP contribution in [0.4, 0.5) is 19.0 Å². The van der Waals surface area contributed by atoms with Gasteiger partial charge in [0, 0.05) is 24.8 Å². The number of aliphatic imine (C=N–C) groups is 1. The van der Waals surface area contributed by atoms with Crippen LogP contribution < -0.4 is 15.8 Å². The van der Waals surface area contributed by atoms with Crippen LogP contribution in [-0.4, -0.2) is 64.1 Å². The lowest BCUT2D eigenvalue weighted by Gasteiger charge is -2.08. The Bertz CT molecular complexity index is 694. The third-order valence-electron chi connectivity index (χ3n) is 2.58. The van der Waals surface area contributed by atoms with Crippen molar-refractivity contribution in [1.82, 2.24) is 4.98 Å². The van der Waals surface area contributed by atoms with Gasteiger partial charge in [-0.05, 0) is 18.9 Å². The number of carbonyl (C=O) groups is 2. The number of hydrogen-bond donors (Lipinski definition) is 5. The van der Waals surface area contributed by atoms with Crippen molar-refractivity contribution in [2.75, 3.05) is 25.1 Å². The van der Waals surface area contributed by atoms with Crippen molar-refractivity contribution in [2.24, 2.45) is 10.7 Å². The maximum absolute atomic E-state index is 12.0. The third kappa shape index (κ3) is 16.5. The number of nitrogens with zero attached hydrogens (tertiary/aromatic N) is 2. The van der Waals surface area contributed by atoms with Gasteiger partial charge in [0.05, 0.1) is 6.61 Å². The van der Waals surface area contributed by atoms with E-state index in [1.54, 1.807) is 12.1 Å². The molecule has 1 aromatic rings. The maximum atomic E-state index is 12.0. The molecule has 0 aliphatic heterocycles. The summed E-state index contributed by atoms with van der Waals surface area (Å²) in [6.07, 6.45) is -2.00. The van der Waals surface area contributed by atoms with Crippen molar-refractivity contribution in [1.29, 1.82) is 0 Å². The summed E-state index contributed by atoms with van der Waals surface area (Å²) in [6, 6.07) is 4.75. The molecule has 1 aromatic heterocycles. The zero-order valence-corrected chi connectivity index (χ0v) is 15.1. The van der Waals surface area contributed by atoms with E-state index in [4.69, 9.17) is 25.8 Å². The van der Waals surface area contributed by atoms with Gasteiger partial charge in [0.15, 0.2) is 5.96 Å². The number of carboxylic acids is 2. The molecule has 1 heterocycles. The van der Waals surface area contributed by atoms with Gasteiger partial charge in [-0.2, -0.15) is 18.2 Å². The molecule has 6 N–H and O–H groups in total. The Kier molecular flexibility index (Phi) is 12.2. The summed E-state index contributed by atoms with van der Waals surface area (Å²) in [4.78, 5) is 26.3. The van der Waals surface area contributed by atoms with Crippen LogP contribution in [0.25, 0.3) is 0 Å². The van der Waals surface area contributed by atoms with E-state index < -0.39 is 24.7 Å². The summed E-state index contributed by atoms with van der Waals surface area (Å²) in [6.45, 7) is -0.886. The molecule has 0 aliphatic rings. The molecule has 0 amide bonds. The number of anilines is 1. The van der Waals surface area contributed by atoms with Gasteiger partial charge >= 0.3 is 18.1 Å². The molecule has 0 atom stereocenters. The summed E-state index contributed by atoms with van der Waals surface area (Å²) < 4.78 is 41.3. The number of ether oxygens (including phenoxy) is 1. The molecule has 0 unspecified atom stereocenters. The van der Waals surface area contributed by atoms with Gasteiger partial charge < -0.3 is 31.1 Å². The molecule has 13 heteroatoms. The highest BCUT2D eigenvalue weighted by atomic mass is 19.4. The zero-order valence-electron chi connectivity index (χ0n) is 15.1. The van der Waals surface area contributed by atoms with Crippen molar-refractivity contribution < 1.29 is 42.8 Å². The third-order valence-corrected chi connectivity index (χ3v) is 2.58. The fourth-order valence-corrected chi connectivity index (χ4v) is 1.44. The van der Waals surface area contributed by atoms with E-state index in [2.05, 4.69) is 15.3 Å².